The number of amides is 1. The molecule has 1 aliphatic heterocycles. The molecule has 1 amide bonds. The summed E-state index contributed by atoms with van der Waals surface area (Å²) in [7, 11) is -2.12. The van der Waals surface area contributed by atoms with E-state index in [0.29, 0.717) is 24.5 Å². The lowest BCUT2D eigenvalue weighted by molar-refractivity contribution is -0.111. The zero-order valence-electron chi connectivity index (χ0n) is 16.7. The van der Waals surface area contributed by atoms with Gasteiger partial charge in [0.1, 0.15) is 5.75 Å². The summed E-state index contributed by atoms with van der Waals surface area (Å²) in [5.41, 5.74) is 2.37. The molecule has 1 fully saturated rings. The molecule has 0 radical (unpaired) electrons. The van der Waals surface area contributed by atoms with Crippen LogP contribution in [0.4, 0.5) is 5.69 Å². The number of carbonyl (C=O) groups excluding carboxylic acids is 1. The maximum absolute atomic E-state index is 12.9. The van der Waals surface area contributed by atoms with E-state index in [9.17, 15) is 13.2 Å². The van der Waals surface area contributed by atoms with Gasteiger partial charge in [0.15, 0.2) is 0 Å². The Hall–Kier alpha value is -2.64. The van der Waals surface area contributed by atoms with Crippen LogP contribution in [-0.4, -0.2) is 38.8 Å². The van der Waals surface area contributed by atoms with Crippen molar-refractivity contribution in [1.82, 2.24) is 4.31 Å². The third-order valence-corrected chi connectivity index (χ3v) is 6.78. The van der Waals surface area contributed by atoms with E-state index in [1.165, 1.54) is 29.6 Å². The van der Waals surface area contributed by atoms with Crippen molar-refractivity contribution < 1.29 is 17.9 Å². The second-order valence-corrected chi connectivity index (χ2v) is 9.00. The molecular weight excluding hydrogens is 388 g/mol. The molecule has 6 nitrogen and oxygen atoms in total. The van der Waals surface area contributed by atoms with Gasteiger partial charge in [0.2, 0.25) is 15.9 Å². The fourth-order valence-corrected chi connectivity index (χ4v) is 4.77. The summed E-state index contributed by atoms with van der Waals surface area (Å²) in [5, 5.41) is 2.72. The number of ether oxygens (including phenoxy) is 1. The van der Waals surface area contributed by atoms with Crippen molar-refractivity contribution in [1.29, 1.82) is 0 Å². The number of aryl methyl sites for hydroxylation is 1. The average molecular weight is 415 g/mol. The lowest BCUT2D eigenvalue weighted by Gasteiger charge is -2.26. The average Bonchev–Trinajstić information content (AvgIpc) is 2.74. The Morgan fingerprint density at radius 3 is 2.41 bits per heavy atom. The summed E-state index contributed by atoms with van der Waals surface area (Å²) < 4.78 is 32.6. The number of hydrogen-bond acceptors (Lipinski definition) is 4. The number of rotatable bonds is 6. The van der Waals surface area contributed by atoms with Gasteiger partial charge in [-0.15, -0.1) is 0 Å². The molecule has 3 rings (SSSR count). The first-order valence-corrected chi connectivity index (χ1v) is 11.1. The zero-order valence-corrected chi connectivity index (χ0v) is 17.5. The van der Waals surface area contributed by atoms with Crippen LogP contribution < -0.4 is 10.1 Å². The van der Waals surface area contributed by atoms with Crippen molar-refractivity contribution in [3.63, 3.8) is 0 Å². The number of anilines is 1. The highest BCUT2D eigenvalue weighted by molar-refractivity contribution is 7.89. The number of nitrogens with zero attached hydrogens (tertiary/aromatic N) is 1. The van der Waals surface area contributed by atoms with Crippen molar-refractivity contribution in [2.45, 2.75) is 31.1 Å². The van der Waals surface area contributed by atoms with Crippen LogP contribution >= 0.6 is 0 Å². The number of benzene rings is 2. The second kappa shape index (κ2) is 9.24. The van der Waals surface area contributed by atoms with Crippen molar-refractivity contribution in [3.8, 4) is 5.75 Å². The molecule has 0 unspecified atom stereocenters. The predicted octanol–water partition coefficient (Wildman–Crippen LogP) is 3.83. The van der Waals surface area contributed by atoms with E-state index < -0.39 is 10.0 Å². The summed E-state index contributed by atoms with van der Waals surface area (Å²) in [5.74, 6) is 0.0380. The van der Waals surface area contributed by atoms with Gasteiger partial charge in [-0.2, -0.15) is 4.31 Å². The Morgan fingerprint density at radius 2 is 1.76 bits per heavy atom. The molecule has 1 saturated heterocycles. The van der Waals surface area contributed by atoms with Gasteiger partial charge in [-0.1, -0.05) is 36.2 Å². The number of nitrogens with one attached hydrogen (secondary N) is 1. The van der Waals surface area contributed by atoms with E-state index in [4.69, 9.17) is 4.74 Å². The zero-order chi connectivity index (χ0) is 20.9. The smallest absolute Gasteiger partial charge is 0.248 e. The van der Waals surface area contributed by atoms with E-state index in [1.807, 2.05) is 31.2 Å². The van der Waals surface area contributed by atoms with Crippen LogP contribution in [0.25, 0.3) is 6.08 Å². The summed E-state index contributed by atoms with van der Waals surface area (Å²) in [4.78, 5) is 12.5. The number of piperidine rings is 1. The molecule has 29 heavy (non-hydrogen) atoms. The van der Waals surface area contributed by atoms with E-state index in [0.717, 1.165) is 30.4 Å². The normalized spacial score (nSPS) is 15.4. The molecule has 0 atom stereocenters. The fraction of sp³-hybridized carbons (Fsp3) is 0.318. The number of hydrogen-bond donors (Lipinski definition) is 1. The van der Waals surface area contributed by atoms with Gasteiger partial charge in [0.25, 0.3) is 0 Å². The lowest BCUT2D eigenvalue weighted by atomic mass is 10.1. The Kier molecular flexibility index (Phi) is 6.71. The Morgan fingerprint density at radius 1 is 1.07 bits per heavy atom. The van der Waals surface area contributed by atoms with Crippen LogP contribution in [0.15, 0.2) is 53.4 Å². The molecule has 7 heteroatoms. The largest absolute Gasteiger partial charge is 0.495 e. The van der Waals surface area contributed by atoms with Crippen LogP contribution in [0.5, 0.6) is 5.75 Å². The highest BCUT2D eigenvalue weighted by atomic mass is 32.2. The Labute approximate surface area is 172 Å². The van der Waals surface area contributed by atoms with Crippen molar-refractivity contribution in [2.24, 2.45) is 0 Å². The molecule has 0 spiro atoms. The van der Waals surface area contributed by atoms with Crippen molar-refractivity contribution in [3.05, 3.63) is 59.7 Å². The van der Waals surface area contributed by atoms with Crippen LogP contribution in [0, 0.1) is 6.92 Å². The van der Waals surface area contributed by atoms with Gasteiger partial charge in [0, 0.05) is 19.2 Å². The number of methoxy groups -OCH3 is 1. The van der Waals surface area contributed by atoms with Crippen LogP contribution in [0.2, 0.25) is 0 Å². The fourth-order valence-electron chi connectivity index (χ4n) is 3.22. The van der Waals surface area contributed by atoms with Crippen LogP contribution in [0.3, 0.4) is 0 Å². The summed E-state index contributed by atoms with van der Waals surface area (Å²) in [6.45, 7) is 3.04. The monoisotopic (exact) mass is 414 g/mol. The molecule has 1 N–H and O–H groups in total. The van der Waals surface area contributed by atoms with Gasteiger partial charge in [-0.25, -0.2) is 8.42 Å². The minimum absolute atomic E-state index is 0.151. The maximum Gasteiger partial charge on any atom is 0.248 e. The standard InChI is InChI=1S/C22H26N2O4S/c1-17-6-8-18(9-7-17)10-13-22(25)23-20-16-19(11-12-21(20)28-2)29(26,27)24-14-4-3-5-15-24/h6-13,16H,3-5,14-15H2,1-2H3,(H,23,25). The van der Waals surface area contributed by atoms with Gasteiger partial charge >= 0.3 is 0 Å². The predicted molar refractivity (Wildman–Crippen MR) is 114 cm³/mol. The Bertz CT molecular complexity index is 992. The van der Waals surface area contributed by atoms with Crippen molar-refractivity contribution >= 4 is 27.7 Å². The SMILES string of the molecule is COc1ccc(S(=O)(=O)N2CCCCC2)cc1NC(=O)C=Cc1ccc(C)cc1. The van der Waals surface area contributed by atoms with Gasteiger partial charge in [-0.3, -0.25) is 4.79 Å². The van der Waals surface area contributed by atoms with Gasteiger partial charge < -0.3 is 10.1 Å². The lowest BCUT2D eigenvalue weighted by Crippen LogP contribution is -2.35. The molecule has 0 aliphatic carbocycles. The summed E-state index contributed by atoms with van der Waals surface area (Å²) >= 11 is 0. The highest BCUT2D eigenvalue weighted by Crippen LogP contribution is 2.30. The minimum Gasteiger partial charge on any atom is -0.495 e. The van der Waals surface area contributed by atoms with E-state index >= 15 is 0 Å². The molecule has 1 aliphatic rings. The Balaban J connectivity index is 1.79. The first-order valence-electron chi connectivity index (χ1n) is 9.64. The van der Waals surface area contributed by atoms with E-state index in [2.05, 4.69) is 5.32 Å². The quantitative estimate of drug-likeness (QED) is 0.729. The molecule has 154 valence electrons. The maximum atomic E-state index is 12.9. The van der Waals surface area contributed by atoms with Gasteiger partial charge in [-0.05, 0) is 49.6 Å². The van der Waals surface area contributed by atoms with Crippen molar-refractivity contribution in [2.75, 3.05) is 25.5 Å². The molecular formula is C22H26N2O4S. The third kappa shape index (κ3) is 5.25. The minimum atomic E-state index is -3.60. The third-order valence-electron chi connectivity index (χ3n) is 4.89. The number of sulfonamides is 1. The van der Waals surface area contributed by atoms with Gasteiger partial charge in [0.05, 0.1) is 17.7 Å². The number of carbonyl (C=O) groups is 1. The molecule has 2 aromatic rings. The second-order valence-electron chi connectivity index (χ2n) is 7.06. The highest BCUT2D eigenvalue weighted by Gasteiger charge is 2.26. The first-order chi connectivity index (χ1) is 13.9. The molecule has 0 aromatic heterocycles. The summed E-state index contributed by atoms with van der Waals surface area (Å²) in [6, 6.07) is 12.3. The van der Waals surface area contributed by atoms with Crippen LogP contribution in [0.1, 0.15) is 30.4 Å². The molecule has 0 bridgehead atoms. The topological polar surface area (TPSA) is 75.7 Å². The van der Waals surface area contributed by atoms with E-state index in [1.54, 1.807) is 12.1 Å². The molecule has 0 saturated carbocycles. The molecule has 2 aromatic carbocycles. The first kappa shape index (κ1) is 21.1. The molecule has 1 heterocycles. The van der Waals surface area contributed by atoms with Crippen LogP contribution in [-0.2, 0) is 14.8 Å². The summed E-state index contributed by atoms with van der Waals surface area (Å²) in [6.07, 6.45) is 5.89. The van der Waals surface area contributed by atoms with E-state index in [-0.39, 0.29) is 10.8 Å².